The first-order valence-corrected chi connectivity index (χ1v) is 7.70. The van der Waals surface area contributed by atoms with Crippen LogP contribution in [-0.4, -0.2) is 26.0 Å². The molecule has 6 nitrogen and oxygen atoms in total. The van der Waals surface area contributed by atoms with Crippen LogP contribution in [-0.2, 0) is 7.05 Å². The summed E-state index contributed by atoms with van der Waals surface area (Å²) in [6.45, 7) is 0. The van der Waals surface area contributed by atoms with Gasteiger partial charge in [-0.15, -0.1) is 0 Å². The number of fused-ring (bicyclic) bond motifs is 1. The largest absolute Gasteiger partial charge is 0.439 e. The van der Waals surface area contributed by atoms with Gasteiger partial charge in [-0.2, -0.15) is 5.10 Å². The van der Waals surface area contributed by atoms with E-state index in [4.69, 9.17) is 4.74 Å². The minimum atomic E-state index is 0.495. The van der Waals surface area contributed by atoms with Crippen molar-refractivity contribution < 1.29 is 9.53 Å². The monoisotopic (exact) mass is 330 g/mol. The number of hydrogen-bond acceptors (Lipinski definition) is 5. The third kappa shape index (κ3) is 2.97. The smallest absolute Gasteiger partial charge is 0.219 e. The van der Waals surface area contributed by atoms with Crippen LogP contribution in [0.3, 0.4) is 0 Å². The molecule has 0 radical (unpaired) electrons. The molecule has 3 aromatic heterocycles. The number of rotatable bonds is 4. The highest BCUT2D eigenvalue weighted by molar-refractivity contribution is 5.86. The Kier molecular flexibility index (Phi) is 3.70. The average molecular weight is 330 g/mol. The lowest BCUT2D eigenvalue weighted by Crippen LogP contribution is -1.94. The predicted octanol–water partition coefficient (Wildman–Crippen LogP) is 3.64. The first-order chi connectivity index (χ1) is 12.2. The highest BCUT2D eigenvalue weighted by atomic mass is 16.5. The molecule has 4 aromatic rings. The highest BCUT2D eigenvalue weighted by Gasteiger charge is 2.06. The third-order valence-corrected chi connectivity index (χ3v) is 3.89. The lowest BCUT2D eigenvalue weighted by atomic mass is 10.1. The Morgan fingerprint density at radius 1 is 1.04 bits per heavy atom. The van der Waals surface area contributed by atoms with Gasteiger partial charge in [0.2, 0.25) is 5.88 Å². The van der Waals surface area contributed by atoms with Gasteiger partial charge in [0.05, 0.1) is 11.2 Å². The van der Waals surface area contributed by atoms with Crippen LogP contribution in [0.5, 0.6) is 11.6 Å². The molecule has 25 heavy (non-hydrogen) atoms. The van der Waals surface area contributed by atoms with Crippen molar-refractivity contribution in [1.29, 1.82) is 0 Å². The number of carbonyl (C=O) groups excluding carboxylic acids is 1. The molecule has 0 aliphatic rings. The number of nitrogens with zero attached hydrogens (tertiary/aromatic N) is 4. The van der Waals surface area contributed by atoms with Gasteiger partial charge in [0, 0.05) is 54.3 Å². The van der Waals surface area contributed by atoms with E-state index in [1.165, 1.54) is 0 Å². The average Bonchev–Trinajstić information content (AvgIpc) is 3.08. The molecule has 0 N–H and O–H groups in total. The van der Waals surface area contributed by atoms with Crippen LogP contribution in [0.2, 0.25) is 0 Å². The first-order valence-electron chi connectivity index (χ1n) is 7.70. The SMILES string of the molecule is Cn1nccc1-c1ccc(Oc2ccc3cc(C=O)cnc3c2)nc1. The van der Waals surface area contributed by atoms with Crippen molar-refractivity contribution in [1.82, 2.24) is 19.7 Å². The second-order valence-electron chi connectivity index (χ2n) is 5.57. The van der Waals surface area contributed by atoms with Gasteiger partial charge in [0.1, 0.15) is 5.75 Å². The van der Waals surface area contributed by atoms with Crippen LogP contribution >= 0.6 is 0 Å². The summed E-state index contributed by atoms with van der Waals surface area (Å²) in [5.74, 6) is 1.13. The fourth-order valence-corrected chi connectivity index (χ4v) is 2.62. The molecule has 6 heteroatoms. The third-order valence-electron chi connectivity index (χ3n) is 3.89. The number of hydrogen-bond donors (Lipinski definition) is 0. The van der Waals surface area contributed by atoms with Crippen LogP contribution in [0.4, 0.5) is 0 Å². The molecule has 1 aromatic carbocycles. The van der Waals surface area contributed by atoms with Crippen LogP contribution in [0.1, 0.15) is 10.4 Å². The summed E-state index contributed by atoms with van der Waals surface area (Å²) in [5.41, 5.74) is 3.26. The molecule has 0 amide bonds. The van der Waals surface area contributed by atoms with Crippen molar-refractivity contribution in [3.63, 3.8) is 0 Å². The molecule has 122 valence electrons. The lowest BCUT2D eigenvalue weighted by Gasteiger charge is -2.07. The molecule has 4 rings (SSSR count). The minimum Gasteiger partial charge on any atom is -0.439 e. The lowest BCUT2D eigenvalue weighted by molar-refractivity contribution is 0.112. The number of aromatic nitrogens is 4. The Bertz CT molecular complexity index is 1050. The van der Waals surface area contributed by atoms with Crippen LogP contribution < -0.4 is 4.74 Å². The highest BCUT2D eigenvalue weighted by Crippen LogP contribution is 2.25. The zero-order valence-corrected chi connectivity index (χ0v) is 13.5. The zero-order valence-electron chi connectivity index (χ0n) is 13.5. The van der Waals surface area contributed by atoms with Crippen molar-refractivity contribution in [3.8, 4) is 22.9 Å². The molecule has 0 atom stereocenters. The summed E-state index contributed by atoms with van der Waals surface area (Å²) in [6, 6.07) is 13.0. The van der Waals surface area contributed by atoms with Crippen LogP contribution in [0, 0.1) is 0 Å². The first kappa shape index (κ1) is 15.0. The number of benzene rings is 1. The van der Waals surface area contributed by atoms with E-state index in [-0.39, 0.29) is 0 Å². The van der Waals surface area contributed by atoms with Gasteiger partial charge in [-0.3, -0.25) is 14.5 Å². The number of aryl methyl sites for hydroxylation is 1. The molecule has 0 aliphatic heterocycles. The second-order valence-corrected chi connectivity index (χ2v) is 5.57. The quantitative estimate of drug-likeness (QED) is 0.534. The predicted molar refractivity (Wildman–Crippen MR) is 93.6 cm³/mol. The van der Waals surface area contributed by atoms with E-state index in [0.29, 0.717) is 17.2 Å². The normalized spacial score (nSPS) is 10.8. The van der Waals surface area contributed by atoms with Crippen molar-refractivity contribution in [2.75, 3.05) is 0 Å². The molecule has 0 aliphatic carbocycles. The van der Waals surface area contributed by atoms with Crippen molar-refractivity contribution >= 4 is 17.2 Å². The van der Waals surface area contributed by atoms with Gasteiger partial charge in [0.25, 0.3) is 0 Å². The van der Waals surface area contributed by atoms with Gasteiger partial charge in [0.15, 0.2) is 6.29 Å². The maximum Gasteiger partial charge on any atom is 0.219 e. The molecule has 0 bridgehead atoms. The summed E-state index contributed by atoms with van der Waals surface area (Å²) < 4.78 is 7.59. The fourth-order valence-electron chi connectivity index (χ4n) is 2.62. The summed E-state index contributed by atoms with van der Waals surface area (Å²) in [4.78, 5) is 19.4. The Hall–Kier alpha value is -3.54. The molecule has 0 fully saturated rings. The summed E-state index contributed by atoms with van der Waals surface area (Å²) in [5, 5.41) is 5.04. The molecule has 0 saturated carbocycles. The Morgan fingerprint density at radius 2 is 1.96 bits per heavy atom. The second kappa shape index (κ2) is 6.16. The van der Waals surface area contributed by atoms with E-state index in [0.717, 1.165) is 28.4 Å². The van der Waals surface area contributed by atoms with E-state index < -0.39 is 0 Å². The van der Waals surface area contributed by atoms with Gasteiger partial charge in [-0.1, -0.05) is 0 Å². The zero-order chi connectivity index (χ0) is 17.2. The number of carbonyl (C=O) groups is 1. The van der Waals surface area contributed by atoms with Crippen LogP contribution in [0.15, 0.2) is 61.1 Å². The van der Waals surface area contributed by atoms with E-state index in [1.54, 1.807) is 29.3 Å². The van der Waals surface area contributed by atoms with E-state index in [9.17, 15) is 4.79 Å². The topological polar surface area (TPSA) is 69.9 Å². The van der Waals surface area contributed by atoms with Gasteiger partial charge in [-0.05, 0) is 30.3 Å². The Balaban J connectivity index is 1.58. The Morgan fingerprint density at radius 3 is 2.68 bits per heavy atom. The maximum atomic E-state index is 10.8. The van der Waals surface area contributed by atoms with E-state index >= 15 is 0 Å². The number of ether oxygens (including phenoxy) is 1. The maximum absolute atomic E-state index is 10.8. The summed E-state index contributed by atoms with van der Waals surface area (Å²) in [7, 11) is 1.89. The standard InChI is InChI=1S/C19H14N4O2/c1-23-18(6-7-22-23)15-3-5-19(21-11-15)25-16-4-2-14-8-13(12-24)10-20-17(14)9-16/h2-12H,1H3. The molecule has 0 saturated heterocycles. The molecule has 3 heterocycles. The van der Waals surface area contributed by atoms with E-state index in [1.807, 2.05) is 43.4 Å². The Labute approximate surface area is 143 Å². The molecular formula is C19H14N4O2. The molecule has 0 unspecified atom stereocenters. The molecular weight excluding hydrogens is 316 g/mol. The summed E-state index contributed by atoms with van der Waals surface area (Å²) in [6.07, 6.45) is 5.82. The van der Waals surface area contributed by atoms with Crippen molar-refractivity contribution in [3.05, 3.63) is 66.6 Å². The van der Waals surface area contributed by atoms with E-state index in [2.05, 4.69) is 15.1 Å². The fraction of sp³-hybridized carbons (Fsp3) is 0.0526. The van der Waals surface area contributed by atoms with Gasteiger partial charge < -0.3 is 4.74 Å². The van der Waals surface area contributed by atoms with Gasteiger partial charge >= 0.3 is 0 Å². The number of pyridine rings is 2. The summed E-state index contributed by atoms with van der Waals surface area (Å²) >= 11 is 0. The van der Waals surface area contributed by atoms with Crippen molar-refractivity contribution in [2.24, 2.45) is 7.05 Å². The van der Waals surface area contributed by atoms with Crippen molar-refractivity contribution in [2.45, 2.75) is 0 Å². The minimum absolute atomic E-state index is 0.495. The van der Waals surface area contributed by atoms with Crippen LogP contribution in [0.25, 0.3) is 22.2 Å². The van der Waals surface area contributed by atoms with Gasteiger partial charge in [-0.25, -0.2) is 4.98 Å². The number of aldehydes is 1. The molecule has 0 spiro atoms.